The number of anilines is 1. The highest BCUT2D eigenvalue weighted by molar-refractivity contribution is 7.80. The number of benzene rings is 1. The quantitative estimate of drug-likeness (QED) is 0.761. The third kappa shape index (κ3) is 3.03. The Morgan fingerprint density at radius 2 is 1.90 bits per heavy atom. The first-order valence-electron chi connectivity index (χ1n) is 7.44. The minimum atomic E-state index is -0.127. The summed E-state index contributed by atoms with van der Waals surface area (Å²) in [5.41, 5.74) is 4.82. The third-order valence-electron chi connectivity index (χ3n) is 4.34. The Kier molecular flexibility index (Phi) is 3.67. The zero-order valence-electron chi connectivity index (χ0n) is 12.7. The number of hydrazine groups is 1. The number of thiocarbonyl (C=S) groups is 1. The van der Waals surface area contributed by atoms with Crippen LogP contribution in [-0.4, -0.2) is 10.8 Å². The SMILES string of the molecule is C[C@H]1CC(C)(C)C[C@@]2(C1)NC(=S)N(c1ccc(Cl)cc1)N2. The number of hydrogen-bond donors (Lipinski definition) is 2. The van der Waals surface area contributed by atoms with E-state index in [2.05, 4.69) is 31.5 Å². The fourth-order valence-corrected chi connectivity index (χ4v) is 4.55. The molecule has 1 aromatic carbocycles. The summed E-state index contributed by atoms with van der Waals surface area (Å²) in [6.07, 6.45) is 3.40. The fourth-order valence-electron chi connectivity index (χ4n) is 4.08. The molecule has 3 rings (SSSR count). The van der Waals surface area contributed by atoms with Gasteiger partial charge < -0.3 is 5.32 Å². The maximum absolute atomic E-state index is 5.97. The van der Waals surface area contributed by atoms with Gasteiger partial charge in [0.05, 0.1) is 5.69 Å². The Morgan fingerprint density at radius 1 is 1.24 bits per heavy atom. The predicted molar refractivity (Wildman–Crippen MR) is 92.3 cm³/mol. The molecule has 0 bridgehead atoms. The largest absolute Gasteiger partial charge is 0.342 e. The summed E-state index contributed by atoms with van der Waals surface area (Å²) >= 11 is 11.5. The molecular formula is C16H22ClN3S. The minimum Gasteiger partial charge on any atom is -0.342 e. The van der Waals surface area contributed by atoms with Gasteiger partial charge in [-0.2, -0.15) is 0 Å². The second kappa shape index (κ2) is 5.11. The van der Waals surface area contributed by atoms with Crippen LogP contribution in [-0.2, 0) is 0 Å². The third-order valence-corrected chi connectivity index (χ3v) is 4.87. The van der Waals surface area contributed by atoms with Crippen LogP contribution in [0.1, 0.15) is 40.0 Å². The van der Waals surface area contributed by atoms with Crippen molar-refractivity contribution in [3.05, 3.63) is 29.3 Å². The van der Waals surface area contributed by atoms with Gasteiger partial charge in [0.1, 0.15) is 5.66 Å². The highest BCUT2D eigenvalue weighted by Gasteiger charge is 2.48. The first-order valence-corrected chi connectivity index (χ1v) is 8.23. The number of nitrogens with zero attached hydrogens (tertiary/aromatic N) is 1. The van der Waals surface area contributed by atoms with Crippen molar-refractivity contribution in [2.45, 2.75) is 45.7 Å². The van der Waals surface area contributed by atoms with Crippen molar-refractivity contribution in [1.82, 2.24) is 10.7 Å². The molecule has 1 saturated heterocycles. The van der Waals surface area contributed by atoms with E-state index in [0.717, 1.165) is 28.7 Å². The van der Waals surface area contributed by atoms with E-state index in [4.69, 9.17) is 23.8 Å². The summed E-state index contributed by atoms with van der Waals surface area (Å²) < 4.78 is 0. The van der Waals surface area contributed by atoms with Crippen LogP contribution in [0.15, 0.2) is 24.3 Å². The van der Waals surface area contributed by atoms with E-state index in [0.29, 0.717) is 11.3 Å². The van der Waals surface area contributed by atoms with Gasteiger partial charge in [-0.05, 0) is 67.1 Å². The van der Waals surface area contributed by atoms with E-state index in [1.54, 1.807) is 0 Å². The van der Waals surface area contributed by atoms with Crippen molar-refractivity contribution in [3.8, 4) is 0 Å². The van der Waals surface area contributed by atoms with E-state index < -0.39 is 0 Å². The van der Waals surface area contributed by atoms with Crippen molar-refractivity contribution < 1.29 is 0 Å². The van der Waals surface area contributed by atoms with Crippen molar-refractivity contribution >= 4 is 34.6 Å². The molecule has 5 heteroatoms. The molecule has 1 aliphatic carbocycles. The molecule has 21 heavy (non-hydrogen) atoms. The second-order valence-corrected chi connectivity index (χ2v) is 8.11. The minimum absolute atomic E-state index is 0.127. The van der Waals surface area contributed by atoms with Gasteiger partial charge in [0, 0.05) is 5.02 Å². The molecular weight excluding hydrogens is 302 g/mol. The molecule has 1 spiro atoms. The maximum atomic E-state index is 5.97. The molecule has 2 aliphatic rings. The summed E-state index contributed by atoms with van der Waals surface area (Å²) in [5.74, 6) is 0.668. The van der Waals surface area contributed by atoms with Gasteiger partial charge in [0.15, 0.2) is 5.11 Å². The first-order chi connectivity index (χ1) is 9.79. The molecule has 1 saturated carbocycles. The molecule has 0 aromatic heterocycles. The van der Waals surface area contributed by atoms with Crippen LogP contribution in [0.4, 0.5) is 5.69 Å². The first kappa shape index (κ1) is 15.1. The second-order valence-electron chi connectivity index (χ2n) is 7.29. The zero-order chi connectivity index (χ0) is 15.3. The molecule has 1 aromatic rings. The van der Waals surface area contributed by atoms with Gasteiger partial charge in [-0.1, -0.05) is 32.4 Å². The van der Waals surface area contributed by atoms with Crippen LogP contribution in [0, 0.1) is 11.3 Å². The topological polar surface area (TPSA) is 27.3 Å². The fraction of sp³-hybridized carbons (Fsp3) is 0.562. The van der Waals surface area contributed by atoms with Crippen molar-refractivity contribution in [2.24, 2.45) is 11.3 Å². The summed E-state index contributed by atoms with van der Waals surface area (Å²) in [4.78, 5) is 0. The van der Waals surface area contributed by atoms with Gasteiger partial charge >= 0.3 is 0 Å². The van der Waals surface area contributed by atoms with Crippen molar-refractivity contribution in [1.29, 1.82) is 0 Å². The zero-order valence-corrected chi connectivity index (χ0v) is 14.3. The summed E-state index contributed by atoms with van der Waals surface area (Å²) in [6.45, 7) is 6.99. The summed E-state index contributed by atoms with van der Waals surface area (Å²) in [6, 6.07) is 7.75. The number of hydrogen-bond acceptors (Lipinski definition) is 2. The lowest BCUT2D eigenvalue weighted by molar-refractivity contribution is 0.0828. The Balaban J connectivity index is 1.85. The number of nitrogens with one attached hydrogen (secondary N) is 2. The molecule has 1 aliphatic heterocycles. The summed E-state index contributed by atoms with van der Waals surface area (Å²) in [7, 11) is 0. The van der Waals surface area contributed by atoms with E-state index in [-0.39, 0.29) is 5.66 Å². The molecule has 114 valence electrons. The molecule has 3 nitrogen and oxygen atoms in total. The van der Waals surface area contributed by atoms with Gasteiger partial charge in [0.2, 0.25) is 0 Å². The lowest BCUT2D eigenvalue weighted by Crippen LogP contribution is -2.57. The summed E-state index contributed by atoms with van der Waals surface area (Å²) in [5, 5.41) is 6.98. The van der Waals surface area contributed by atoms with Gasteiger partial charge in [0.25, 0.3) is 0 Å². The number of rotatable bonds is 1. The average molecular weight is 324 g/mol. The average Bonchev–Trinajstić information content (AvgIpc) is 2.63. The Labute approximate surface area is 137 Å². The molecule has 1 heterocycles. The lowest BCUT2D eigenvalue weighted by atomic mass is 9.68. The Hall–Kier alpha value is -0.840. The lowest BCUT2D eigenvalue weighted by Gasteiger charge is -2.45. The normalized spacial score (nSPS) is 31.5. The molecule has 2 N–H and O–H groups in total. The van der Waals surface area contributed by atoms with Gasteiger partial charge in [-0.3, -0.25) is 5.01 Å². The Bertz CT molecular complexity index is 557. The number of halogens is 1. The van der Waals surface area contributed by atoms with Crippen molar-refractivity contribution in [2.75, 3.05) is 5.01 Å². The molecule has 2 atom stereocenters. The van der Waals surface area contributed by atoms with E-state index in [1.165, 1.54) is 6.42 Å². The van der Waals surface area contributed by atoms with Gasteiger partial charge in [-0.15, -0.1) is 0 Å². The van der Waals surface area contributed by atoms with Crippen LogP contribution < -0.4 is 15.8 Å². The van der Waals surface area contributed by atoms with E-state index in [9.17, 15) is 0 Å². The molecule has 2 fully saturated rings. The van der Waals surface area contributed by atoms with E-state index >= 15 is 0 Å². The van der Waals surface area contributed by atoms with E-state index in [1.807, 2.05) is 29.3 Å². The van der Waals surface area contributed by atoms with Crippen LogP contribution in [0.5, 0.6) is 0 Å². The molecule has 0 amide bonds. The maximum Gasteiger partial charge on any atom is 0.189 e. The predicted octanol–water partition coefficient (Wildman–Crippen LogP) is 4.08. The highest BCUT2D eigenvalue weighted by Crippen LogP contribution is 2.44. The standard InChI is InChI=1S/C16H22ClN3S/c1-11-8-15(2,3)10-16(9-11)18-14(21)20(19-16)13-6-4-12(17)5-7-13/h4-7,11,19H,8-10H2,1-3H3,(H,18,21)/t11-,16-/m0/s1. The Morgan fingerprint density at radius 3 is 2.52 bits per heavy atom. The van der Waals surface area contributed by atoms with Crippen LogP contribution in [0.25, 0.3) is 0 Å². The van der Waals surface area contributed by atoms with Crippen LogP contribution >= 0.6 is 23.8 Å². The van der Waals surface area contributed by atoms with Gasteiger partial charge in [-0.25, -0.2) is 5.43 Å². The smallest absolute Gasteiger partial charge is 0.189 e. The van der Waals surface area contributed by atoms with Crippen molar-refractivity contribution in [3.63, 3.8) is 0 Å². The molecule has 0 unspecified atom stereocenters. The monoisotopic (exact) mass is 323 g/mol. The van der Waals surface area contributed by atoms with Crippen LogP contribution in [0.3, 0.4) is 0 Å². The van der Waals surface area contributed by atoms with Crippen LogP contribution in [0.2, 0.25) is 5.02 Å². The molecule has 0 radical (unpaired) electrons. The highest BCUT2D eigenvalue weighted by atomic mass is 35.5.